The van der Waals surface area contributed by atoms with Crippen molar-refractivity contribution in [1.82, 2.24) is 4.98 Å². The van der Waals surface area contributed by atoms with E-state index in [0.29, 0.717) is 0 Å². The molecule has 0 fully saturated rings. The van der Waals surface area contributed by atoms with Gasteiger partial charge in [-0.15, -0.1) is 11.3 Å². The molecule has 12 heavy (non-hydrogen) atoms. The zero-order chi connectivity index (χ0) is 8.97. The van der Waals surface area contributed by atoms with E-state index in [4.69, 9.17) is 5.41 Å². The summed E-state index contributed by atoms with van der Waals surface area (Å²) in [5.74, 6) is 0. The van der Waals surface area contributed by atoms with E-state index in [9.17, 15) is 0 Å². The highest BCUT2D eigenvalue weighted by Gasteiger charge is 2.02. The fourth-order valence-corrected chi connectivity index (χ4v) is 2.37. The lowest BCUT2D eigenvalue weighted by molar-refractivity contribution is 0.967. The molecule has 2 nitrogen and oxygen atoms in total. The molecule has 1 rings (SSSR count). The van der Waals surface area contributed by atoms with Gasteiger partial charge in [0.05, 0.1) is 0 Å². The van der Waals surface area contributed by atoms with Crippen LogP contribution in [0.25, 0.3) is 0 Å². The standard InChI is InChI=1S/C8H11BrN2S/c1-2-3-6(10)4-7-5-11-8(9)12-7/h5,10H,2-4H2,1H3. The van der Waals surface area contributed by atoms with Crippen molar-refractivity contribution in [2.45, 2.75) is 26.2 Å². The van der Waals surface area contributed by atoms with Crippen LogP contribution in [0.5, 0.6) is 0 Å². The molecule has 0 aliphatic rings. The van der Waals surface area contributed by atoms with E-state index < -0.39 is 0 Å². The highest BCUT2D eigenvalue weighted by Crippen LogP contribution is 2.19. The summed E-state index contributed by atoms with van der Waals surface area (Å²) in [7, 11) is 0. The monoisotopic (exact) mass is 246 g/mol. The Morgan fingerprint density at radius 3 is 3.00 bits per heavy atom. The Morgan fingerprint density at radius 1 is 1.75 bits per heavy atom. The minimum absolute atomic E-state index is 0.761. The van der Waals surface area contributed by atoms with Gasteiger partial charge in [-0.1, -0.05) is 13.3 Å². The molecule has 0 amide bonds. The van der Waals surface area contributed by atoms with E-state index in [-0.39, 0.29) is 0 Å². The molecule has 1 aromatic heterocycles. The van der Waals surface area contributed by atoms with Gasteiger partial charge in [-0.05, 0) is 22.4 Å². The van der Waals surface area contributed by atoms with Crippen molar-refractivity contribution < 1.29 is 0 Å². The van der Waals surface area contributed by atoms with Gasteiger partial charge >= 0.3 is 0 Å². The fraction of sp³-hybridized carbons (Fsp3) is 0.500. The number of hydrogen-bond acceptors (Lipinski definition) is 3. The number of thiazole rings is 1. The molecule has 0 saturated heterocycles. The average Bonchev–Trinajstić information content (AvgIpc) is 2.36. The zero-order valence-corrected chi connectivity index (χ0v) is 9.33. The lowest BCUT2D eigenvalue weighted by Crippen LogP contribution is -1.98. The van der Waals surface area contributed by atoms with Crippen LogP contribution < -0.4 is 0 Å². The van der Waals surface area contributed by atoms with E-state index in [1.807, 2.05) is 6.20 Å². The average molecular weight is 247 g/mol. The van der Waals surface area contributed by atoms with Crippen molar-refractivity contribution in [3.05, 3.63) is 15.0 Å². The van der Waals surface area contributed by atoms with Crippen LogP contribution in [-0.2, 0) is 6.42 Å². The number of hydrogen-bond donors (Lipinski definition) is 1. The number of aromatic nitrogens is 1. The Kier molecular flexibility index (Phi) is 3.88. The molecule has 1 N–H and O–H groups in total. The van der Waals surface area contributed by atoms with Crippen molar-refractivity contribution >= 4 is 33.0 Å². The second-order valence-corrected chi connectivity index (χ2v) is 5.00. The Balaban J connectivity index is 2.46. The van der Waals surface area contributed by atoms with Gasteiger partial charge in [-0.25, -0.2) is 4.98 Å². The molecular weight excluding hydrogens is 236 g/mol. The van der Waals surface area contributed by atoms with E-state index in [1.54, 1.807) is 11.3 Å². The minimum atomic E-state index is 0.761. The van der Waals surface area contributed by atoms with Crippen molar-refractivity contribution in [3.8, 4) is 0 Å². The number of nitrogens with zero attached hydrogens (tertiary/aromatic N) is 1. The summed E-state index contributed by atoms with van der Waals surface area (Å²) in [6.45, 7) is 2.09. The third-order valence-electron chi connectivity index (χ3n) is 1.46. The molecular formula is C8H11BrN2S. The predicted molar refractivity (Wildman–Crippen MR) is 56.2 cm³/mol. The highest BCUT2D eigenvalue weighted by molar-refractivity contribution is 9.11. The maximum atomic E-state index is 7.60. The molecule has 1 aromatic rings. The molecule has 4 heteroatoms. The Morgan fingerprint density at radius 2 is 2.50 bits per heavy atom. The van der Waals surface area contributed by atoms with Crippen LogP contribution in [0.2, 0.25) is 0 Å². The first-order valence-electron chi connectivity index (χ1n) is 3.89. The third-order valence-corrected chi connectivity index (χ3v) is 2.94. The van der Waals surface area contributed by atoms with E-state index in [0.717, 1.165) is 28.9 Å². The molecule has 0 radical (unpaired) electrons. The molecule has 0 aromatic carbocycles. The predicted octanol–water partition coefficient (Wildman–Crippen LogP) is 3.27. The lowest BCUT2D eigenvalue weighted by Gasteiger charge is -1.97. The zero-order valence-electron chi connectivity index (χ0n) is 6.93. The second-order valence-electron chi connectivity index (χ2n) is 2.61. The summed E-state index contributed by atoms with van der Waals surface area (Å²) in [6, 6.07) is 0. The summed E-state index contributed by atoms with van der Waals surface area (Å²) in [5, 5.41) is 7.60. The summed E-state index contributed by atoms with van der Waals surface area (Å²) in [5.41, 5.74) is 0.800. The normalized spacial score (nSPS) is 10.2. The molecule has 0 saturated carbocycles. The highest BCUT2D eigenvalue weighted by atomic mass is 79.9. The Labute approximate surface area is 84.7 Å². The summed E-state index contributed by atoms with van der Waals surface area (Å²) in [6.07, 6.45) is 4.55. The topological polar surface area (TPSA) is 36.7 Å². The second kappa shape index (κ2) is 4.72. The third kappa shape index (κ3) is 3.03. The van der Waals surface area contributed by atoms with Crippen LogP contribution in [0.1, 0.15) is 24.6 Å². The van der Waals surface area contributed by atoms with Crippen LogP contribution in [0.3, 0.4) is 0 Å². The number of nitrogens with one attached hydrogen (secondary N) is 1. The molecule has 0 bridgehead atoms. The molecule has 0 aliphatic heterocycles. The Hall–Kier alpha value is -0.220. The van der Waals surface area contributed by atoms with E-state index in [1.165, 1.54) is 4.88 Å². The molecule has 0 spiro atoms. The van der Waals surface area contributed by atoms with Gasteiger partial charge in [0, 0.05) is 23.2 Å². The van der Waals surface area contributed by atoms with Crippen molar-refractivity contribution in [2.24, 2.45) is 0 Å². The van der Waals surface area contributed by atoms with Crippen molar-refractivity contribution in [3.63, 3.8) is 0 Å². The molecule has 66 valence electrons. The SMILES string of the molecule is CCCC(=N)Cc1cnc(Br)s1. The van der Waals surface area contributed by atoms with Crippen molar-refractivity contribution in [2.75, 3.05) is 0 Å². The summed E-state index contributed by atoms with van der Waals surface area (Å²) in [4.78, 5) is 5.24. The van der Waals surface area contributed by atoms with Gasteiger partial charge in [0.25, 0.3) is 0 Å². The maximum absolute atomic E-state index is 7.60. The van der Waals surface area contributed by atoms with Gasteiger partial charge in [-0.2, -0.15) is 0 Å². The van der Waals surface area contributed by atoms with E-state index in [2.05, 4.69) is 27.8 Å². The lowest BCUT2D eigenvalue weighted by atomic mass is 10.1. The smallest absolute Gasteiger partial charge is 0.159 e. The van der Waals surface area contributed by atoms with Gasteiger partial charge in [0.2, 0.25) is 0 Å². The van der Waals surface area contributed by atoms with Crippen LogP contribution in [-0.4, -0.2) is 10.7 Å². The summed E-state index contributed by atoms with van der Waals surface area (Å²) >= 11 is 4.90. The minimum Gasteiger partial charge on any atom is -0.309 e. The summed E-state index contributed by atoms with van der Waals surface area (Å²) < 4.78 is 0.904. The quantitative estimate of drug-likeness (QED) is 0.814. The Bertz CT molecular complexity index is 270. The molecule has 0 aliphatic carbocycles. The molecule has 0 atom stereocenters. The van der Waals surface area contributed by atoms with Crippen LogP contribution in [0.4, 0.5) is 0 Å². The van der Waals surface area contributed by atoms with Crippen molar-refractivity contribution in [1.29, 1.82) is 5.41 Å². The largest absolute Gasteiger partial charge is 0.309 e. The number of rotatable bonds is 4. The first kappa shape index (κ1) is 9.86. The fourth-order valence-electron chi connectivity index (χ4n) is 0.966. The van der Waals surface area contributed by atoms with Crippen LogP contribution in [0, 0.1) is 5.41 Å². The first-order chi connectivity index (χ1) is 5.72. The first-order valence-corrected chi connectivity index (χ1v) is 5.49. The van der Waals surface area contributed by atoms with Crippen LogP contribution >= 0.6 is 27.3 Å². The number of halogens is 1. The van der Waals surface area contributed by atoms with Gasteiger partial charge in [-0.3, -0.25) is 0 Å². The van der Waals surface area contributed by atoms with Gasteiger partial charge in [0.1, 0.15) is 0 Å². The molecule has 1 heterocycles. The van der Waals surface area contributed by atoms with Crippen LogP contribution in [0.15, 0.2) is 10.1 Å². The van der Waals surface area contributed by atoms with Gasteiger partial charge in [0.15, 0.2) is 3.92 Å². The molecule has 0 unspecified atom stereocenters. The van der Waals surface area contributed by atoms with Gasteiger partial charge < -0.3 is 5.41 Å². The van der Waals surface area contributed by atoms with E-state index >= 15 is 0 Å². The maximum Gasteiger partial charge on any atom is 0.159 e.